The highest BCUT2D eigenvalue weighted by molar-refractivity contribution is 6.07. The number of hydrogen-bond donors (Lipinski definition) is 0. The standard InChI is InChI=1S/C26H36N2O/c1-5-7-18-28(19-8-6-2)25-15-13-24(14-16-25)26(29)17-12-22-10-9-11-23(20-22)21-27(3)4/h9-17,20H,5-8,18-19,21H2,1-4H3/b17-12+. The van der Waals surface area contributed by atoms with E-state index in [1.54, 1.807) is 6.08 Å². The van der Waals surface area contributed by atoms with Crippen molar-refractivity contribution in [1.29, 1.82) is 0 Å². The van der Waals surface area contributed by atoms with Crippen molar-refractivity contribution in [2.45, 2.75) is 46.1 Å². The van der Waals surface area contributed by atoms with Crippen molar-refractivity contribution in [1.82, 2.24) is 4.90 Å². The number of benzene rings is 2. The molecule has 0 atom stereocenters. The monoisotopic (exact) mass is 392 g/mol. The first-order valence-electron chi connectivity index (χ1n) is 10.8. The molecule has 3 heteroatoms. The predicted octanol–water partition coefficient (Wildman–Crippen LogP) is 6.05. The fourth-order valence-corrected chi connectivity index (χ4v) is 3.33. The second kappa shape index (κ2) is 12.2. The van der Waals surface area contributed by atoms with Crippen LogP contribution >= 0.6 is 0 Å². The average molecular weight is 393 g/mol. The Morgan fingerprint density at radius 1 is 0.931 bits per heavy atom. The topological polar surface area (TPSA) is 23.6 Å². The Hall–Kier alpha value is -2.39. The maximum Gasteiger partial charge on any atom is 0.185 e. The van der Waals surface area contributed by atoms with E-state index < -0.39 is 0 Å². The van der Waals surface area contributed by atoms with Gasteiger partial charge in [-0.15, -0.1) is 0 Å². The van der Waals surface area contributed by atoms with Gasteiger partial charge in [-0.3, -0.25) is 4.79 Å². The first-order chi connectivity index (χ1) is 14.0. The minimum Gasteiger partial charge on any atom is -0.372 e. The van der Waals surface area contributed by atoms with Crippen LogP contribution in [0.5, 0.6) is 0 Å². The molecule has 0 fully saturated rings. The second-order valence-corrected chi connectivity index (χ2v) is 7.92. The quantitative estimate of drug-likeness (QED) is 0.324. The Balaban J connectivity index is 2.04. The first-order valence-corrected chi connectivity index (χ1v) is 10.8. The maximum absolute atomic E-state index is 12.6. The SMILES string of the molecule is CCCCN(CCCC)c1ccc(C(=O)/C=C/c2cccc(CN(C)C)c2)cc1. The van der Waals surface area contributed by atoms with E-state index in [0.29, 0.717) is 0 Å². The smallest absolute Gasteiger partial charge is 0.185 e. The van der Waals surface area contributed by atoms with E-state index in [4.69, 9.17) is 0 Å². The first kappa shape index (κ1) is 22.9. The van der Waals surface area contributed by atoms with Crippen molar-refractivity contribution in [3.8, 4) is 0 Å². The van der Waals surface area contributed by atoms with Gasteiger partial charge in [0.2, 0.25) is 0 Å². The Bertz CT molecular complexity index is 770. The summed E-state index contributed by atoms with van der Waals surface area (Å²) in [6.45, 7) is 7.49. The highest BCUT2D eigenvalue weighted by atomic mass is 16.1. The highest BCUT2D eigenvalue weighted by Gasteiger charge is 2.07. The molecule has 0 aliphatic rings. The van der Waals surface area contributed by atoms with Gasteiger partial charge in [-0.25, -0.2) is 0 Å². The number of ketones is 1. The van der Waals surface area contributed by atoms with Crippen molar-refractivity contribution >= 4 is 17.5 Å². The molecule has 0 bridgehead atoms. The summed E-state index contributed by atoms with van der Waals surface area (Å²) in [5.74, 6) is 0.0447. The predicted molar refractivity (Wildman–Crippen MR) is 126 cm³/mol. The molecule has 0 heterocycles. The molecule has 3 nitrogen and oxygen atoms in total. The van der Waals surface area contributed by atoms with Crippen LogP contribution in [-0.4, -0.2) is 37.9 Å². The largest absolute Gasteiger partial charge is 0.372 e. The molecular weight excluding hydrogens is 356 g/mol. The summed E-state index contributed by atoms with van der Waals surface area (Å²) in [6, 6.07) is 16.4. The Morgan fingerprint density at radius 3 is 2.17 bits per heavy atom. The Morgan fingerprint density at radius 2 is 1.59 bits per heavy atom. The third-order valence-corrected chi connectivity index (χ3v) is 4.96. The molecule has 0 unspecified atom stereocenters. The van der Waals surface area contributed by atoms with Gasteiger partial charge in [0.15, 0.2) is 5.78 Å². The Kier molecular flexibility index (Phi) is 9.66. The molecule has 0 radical (unpaired) electrons. The third-order valence-electron chi connectivity index (χ3n) is 4.96. The van der Waals surface area contributed by atoms with Crippen LogP contribution in [0, 0.1) is 0 Å². The van der Waals surface area contributed by atoms with Crippen LogP contribution in [0.3, 0.4) is 0 Å². The number of carbonyl (C=O) groups excluding carboxylic acids is 1. The second-order valence-electron chi connectivity index (χ2n) is 7.92. The molecule has 0 aliphatic heterocycles. The molecule has 0 saturated heterocycles. The number of allylic oxidation sites excluding steroid dienone is 1. The fourth-order valence-electron chi connectivity index (χ4n) is 3.33. The normalized spacial score (nSPS) is 11.3. The number of carbonyl (C=O) groups is 1. The Labute approximate surface area is 177 Å². The molecule has 0 spiro atoms. The van der Waals surface area contributed by atoms with Gasteiger partial charge < -0.3 is 9.80 Å². The molecule has 156 valence electrons. The van der Waals surface area contributed by atoms with Crippen molar-refractivity contribution < 1.29 is 4.79 Å². The summed E-state index contributed by atoms with van der Waals surface area (Å²) in [5.41, 5.74) is 4.25. The van der Waals surface area contributed by atoms with Gasteiger partial charge in [0.05, 0.1) is 0 Å². The van der Waals surface area contributed by atoms with Gasteiger partial charge >= 0.3 is 0 Å². The zero-order valence-electron chi connectivity index (χ0n) is 18.5. The highest BCUT2D eigenvalue weighted by Crippen LogP contribution is 2.18. The molecule has 0 aromatic heterocycles. The molecule has 0 N–H and O–H groups in total. The van der Waals surface area contributed by atoms with Crippen LogP contribution in [-0.2, 0) is 6.54 Å². The van der Waals surface area contributed by atoms with Crippen molar-refractivity contribution in [2.75, 3.05) is 32.1 Å². The van der Waals surface area contributed by atoms with E-state index in [9.17, 15) is 4.79 Å². The summed E-state index contributed by atoms with van der Waals surface area (Å²) < 4.78 is 0. The summed E-state index contributed by atoms with van der Waals surface area (Å²) in [4.78, 5) is 17.2. The lowest BCUT2D eigenvalue weighted by Crippen LogP contribution is -2.25. The third kappa shape index (κ3) is 7.86. The summed E-state index contributed by atoms with van der Waals surface area (Å²) in [7, 11) is 4.11. The minimum absolute atomic E-state index is 0.0447. The number of anilines is 1. The van der Waals surface area contributed by atoms with Gasteiger partial charge in [0.1, 0.15) is 0 Å². The van der Waals surface area contributed by atoms with Crippen molar-refractivity contribution in [3.63, 3.8) is 0 Å². The number of hydrogen-bond acceptors (Lipinski definition) is 3. The zero-order chi connectivity index (χ0) is 21.1. The molecule has 0 saturated carbocycles. The van der Waals surface area contributed by atoms with Crippen molar-refractivity contribution in [3.05, 3.63) is 71.3 Å². The molecule has 2 aromatic rings. The van der Waals surface area contributed by atoms with Crippen LogP contribution in [0.25, 0.3) is 6.08 Å². The van der Waals surface area contributed by atoms with E-state index in [-0.39, 0.29) is 5.78 Å². The number of nitrogens with zero attached hydrogens (tertiary/aromatic N) is 2. The molecule has 2 rings (SSSR count). The van der Waals surface area contributed by atoms with Crippen LogP contribution in [0.15, 0.2) is 54.6 Å². The fraction of sp³-hybridized carbons (Fsp3) is 0.423. The van der Waals surface area contributed by atoms with Gasteiger partial charge in [0.25, 0.3) is 0 Å². The minimum atomic E-state index is 0.0447. The zero-order valence-corrected chi connectivity index (χ0v) is 18.5. The molecule has 2 aromatic carbocycles. The molecule has 0 amide bonds. The van der Waals surface area contributed by atoms with E-state index in [1.807, 2.05) is 30.3 Å². The lowest BCUT2D eigenvalue weighted by molar-refractivity contribution is 0.104. The lowest BCUT2D eigenvalue weighted by Gasteiger charge is -2.24. The lowest BCUT2D eigenvalue weighted by atomic mass is 10.1. The van der Waals surface area contributed by atoms with E-state index in [1.165, 1.54) is 36.9 Å². The van der Waals surface area contributed by atoms with E-state index in [2.05, 4.69) is 62.0 Å². The summed E-state index contributed by atoms with van der Waals surface area (Å²) in [6.07, 6.45) is 8.36. The summed E-state index contributed by atoms with van der Waals surface area (Å²) in [5, 5.41) is 0. The van der Waals surface area contributed by atoms with Gasteiger partial charge in [-0.1, -0.05) is 57.0 Å². The number of rotatable bonds is 12. The van der Waals surface area contributed by atoms with Gasteiger partial charge in [-0.2, -0.15) is 0 Å². The molecule has 29 heavy (non-hydrogen) atoms. The number of unbranched alkanes of at least 4 members (excludes halogenated alkanes) is 2. The maximum atomic E-state index is 12.6. The van der Waals surface area contributed by atoms with E-state index >= 15 is 0 Å². The van der Waals surface area contributed by atoms with Gasteiger partial charge in [-0.05, 0) is 68.4 Å². The van der Waals surface area contributed by atoms with Crippen LogP contribution in [0.2, 0.25) is 0 Å². The van der Waals surface area contributed by atoms with Gasteiger partial charge in [0, 0.05) is 30.9 Å². The van der Waals surface area contributed by atoms with Crippen molar-refractivity contribution in [2.24, 2.45) is 0 Å². The van der Waals surface area contributed by atoms with E-state index in [0.717, 1.165) is 30.8 Å². The van der Waals surface area contributed by atoms with Crippen LogP contribution in [0.1, 0.15) is 61.0 Å². The van der Waals surface area contributed by atoms with Crippen LogP contribution in [0.4, 0.5) is 5.69 Å². The van der Waals surface area contributed by atoms with Crippen LogP contribution < -0.4 is 4.90 Å². The molecule has 0 aliphatic carbocycles. The molecular formula is C26H36N2O. The summed E-state index contributed by atoms with van der Waals surface area (Å²) >= 11 is 0. The average Bonchev–Trinajstić information content (AvgIpc) is 2.72.